The fraction of sp³-hybridized carbons (Fsp3) is 0.500. The number of ether oxygens (including phenoxy) is 2. The highest BCUT2D eigenvalue weighted by Gasteiger charge is 2.62. The van der Waals surface area contributed by atoms with Crippen LogP contribution in [0.1, 0.15) is 59.2 Å². The van der Waals surface area contributed by atoms with Crippen LogP contribution in [0.4, 0.5) is 0 Å². The van der Waals surface area contributed by atoms with Gasteiger partial charge in [-0.1, -0.05) is 36.4 Å². The van der Waals surface area contributed by atoms with Crippen LogP contribution in [0.3, 0.4) is 0 Å². The van der Waals surface area contributed by atoms with Crippen LogP contribution in [0.25, 0.3) is 21.8 Å². The van der Waals surface area contributed by atoms with Gasteiger partial charge in [-0.15, -0.1) is 0 Å². The molecule has 10 unspecified atom stereocenters. The maximum absolute atomic E-state index is 14.5. The summed E-state index contributed by atoms with van der Waals surface area (Å²) in [6, 6.07) is 14.8. The van der Waals surface area contributed by atoms with Gasteiger partial charge in [0.2, 0.25) is 23.6 Å². The zero-order valence-electron chi connectivity index (χ0n) is 33.4. The molecule has 4 aliphatic carbocycles. The highest BCUT2D eigenvalue weighted by Crippen LogP contribution is 2.56. The van der Waals surface area contributed by atoms with E-state index in [-0.39, 0.29) is 23.7 Å². The highest BCUT2D eigenvalue weighted by atomic mass is 16.5. The predicted octanol–water partition coefficient (Wildman–Crippen LogP) is 3.04. The number of para-hydroxylation sites is 2. The molecule has 0 spiro atoms. The molecule has 59 heavy (non-hydrogen) atoms. The number of carbonyl (C=O) groups excluding carboxylic acids is 6. The SMILES string of the molecule is CNCCCNC(=O)C1C2CC(OC(=O)c3c[nH]c4ccccc34)C(C2)C1C(=O)NC(=O)C1C2CC(CC2OC(=O)c2c[nH]c3ccccc23)C1C(=O)NCCCNC. The third-order valence-electron chi connectivity index (χ3n) is 13.3. The van der Waals surface area contributed by atoms with Crippen molar-refractivity contribution in [3.63, 3.8) is 0 Å². The lowest BCUT2D eigenvalue weighted by Crippen LogP contribution is -2.53. The van der Waals surface area contributed by atoms with E-state index in [2.05, 4.69) is 36.6 Å². The number of carbonyl (C=O) groups is 6. The van der Waals surface area contributed by atoms with Crippen molar-refractivity contribution in [3.8, 4) is 0 Å². The minimum atomic E-state index is -0.953. The van der Waals surface area contributed by atoms with Crippen LogP contribution in [-0.2, 0) is 28.7 Å². The number of aromatic amines is 2. The Balaban J connectivity index is 1.02. The van der Waals surface area contributed by atoms with Crippen molar-refractivity contribution in [2.45, 2.75) is 50.7 Å². The number of hydrogen-bond donors (Lipinski definition) is 7. The van der Waals surface area contributed by atoms with E-state index in [0.29, 0.717) is 75.8 Å². The second-order valence-corrected chi connectivity index (χ2v) is 16.6. The molecule has 0 radical (unpaired) electrons. The minimum absolute atomic E-state index is 0.247. The summed E-state index contributed by atoms with van der Waals surface area (Å²) in [4.78, 5) is 90.0. The van der Waals surface area contributed by atoms with Gasteiger partial charge in [0, 0.05) is 59.1 Å². The van der Waals surface area contributed by atoms with Crippen LogP contribution in [-0.4, -0.2) is 98.0 Å². The Bertz CT molecular complexity index is 2080. The normalized spacial score (nSPS) is 27.8. The van der Waals surface area contributed by atoms with Crippen LogP contribution >= 0.6 is 0 Å². The molecule has 4 saturated carbocycles. The Morgan fingerprint density at radius 2 is 0.983 bits per heavy atom. The van der Waals surface area contributed by atoms with Crippen LogP contribution in [0.5, 0.6) is 0 Å². The molecule has 4 amide bonds. The van der Waals surface area contributed by atoms with Gasteiger partial charge in [-0.05, 0) is 89.7 Å². The molecule has 0 saturated heterocycles. The molecule has 15 nitrogen and oxygen atoms in total. The van der Waals surface area contributed by atoms with Gasteiger partial charge < -0.3 is 40.7 Å². The van der Waals surface area contributed by atoms with E-state index in [0.717, 1.165) is 21.8 Å². The number of esters is 2. The van der Waals surface area contributed by atoms with E-state index in [9.17, 15) is 28.8 Å². The lowest BCUT2D eigenvalue weighted by Gasteiger charge is -2.36. The molecule has 10 atom stereocenters. The molecule has 2 heterocycles. The molecule has 2 aromatic carbocycles. The van der Waals surface area contributed by atoms with Crippen LogP contribution in [0.15, 0.2) is 60.9 Å². The molecule has 4 aliphatic rings. The Labute approximate surface area is 341 Å². The topological polar surface area (TPSA) is 213 Å². The molecule has 8 rings (SSSR count). The lowest BCUT2D eigenvalue weighted by atomic mass is 9.75. The van der Waals surface area contributed by atoms with E-state index in [4.69, 9.17) is 9.47 Å². The number of fused-ring (bicyclic) bond motifs is 6. The highest BCUT2D eigenvalue weighted by molar-refractivity contribution is 6.05. The maximum atomic E-state index is 14.5. The number of amides is 4. The number of rotatable bonds is 16. The van der Waals surface area contributed by atoms with Crippen LogP contribution in [0.2, 0.25) is 0 Å². The Hall–Kier alpha value is -5.54. The number of benzene rings is 2. The molecule has 0 aliphatic heterocycles. The Morgan fingerprint density at radius 1 is 0.559 bits per heavy atom. The Morgan fingerprint density at radius 3 is 1.41 bits per heavy atom. The minimum Gasteiger partial charge on any atom is -0.458 e. The largest absolute Gasteiger partial charge is 0.458 e. The summed E-state index contributed by atoms with van der Waals surface area (Å²) in [5.41, 5.74) is 2.34. The quantitative estimate of drug-likeness (QED) is 0.0500. The molecule has 2 aromatic heterocycles. The summed E-state index contributed by atoms with van der Waals surface area (Å²) in [6.07, 6.45) is 5.09. The molecule has 15 heteroatoms. The van der Waals surface area contributed by atoms with E-state index in [1.807, 2.05) is 62.6 Å². The molecule has 4 bridgehead atoms. The van der Waals surface area contributed by atoms with Gasteiger partial charge in [0.1, 0.15) is 12.2 Å². The Kier molecular flexibility index (Phi) is 11.8. The summed E-state index contributed by atoms with van der Waals surface area (Å²) in [7, 11) is 3.66. The van der Waals surface area contributed by atoms with Gasteiger partial charge >= 0.3 is 11.9 Å². The van der Waals surface area contributed by atoms with Gasteiger partial charge in [0.15, 0.2) is 0 Å². The van der Waals surface area contributed by atoms with E-state index in [1.54, 1.807) is 12.4 Å². The van der Waals surface area contributed by atoms with Gasteiger partial charge in [0.05, 0.1) is 34.8 Å². The van der Waals surface area contributed by atoms with Crippen LogP contribution < -0.4 is 26.6 Å². The van der Waals surface area contributed by atoms with E-state index in [1.165, 1.54) is 0 Å². The second-order valence-electron chi connectivity index (χ2n) is 16.6. The average Bonchev–Trinajstić information content (AvgIpc) is 4.10. The van der Waals surface area contributed by atoms with Crippen molar-refractivity contribution >= 4 is 57.4 Å². The number of H-pyrrole nitrogens is 2. The second kappa shape index (κ2) is 17.4. The van der Waals surface area contributed by atoms with Gasteiger partial charge in [-0.2, -0.15) is 0 Å². The van der Waals surface area contributed by atoms with Gasteiger partial charge in [-0.25, -0.2) is 9.59 Å². The first kappa shape index (κ1) is 40.2. The van der Waals surface area contributed by atoms with Crippen molar-refractivity contribution in [1.29, 1.82) is 0 Å². The number of hydrogen-bond acceptors (Lipinski definition) is 10. The first-order valence-corrected chi connectivity index (χ1v) is 20.9. The molecule has 312 valence electrons. The van der Waals surface area contributed by atoms with E-state index < -0.39 is 71.5 Å². The maximum Gasteiger partial charge on any atom is 0.340 e. The summed E-state index contributed by atoms with van der Waals surface area (Å²) in [5.74, 6) is -7.74. The number of aromatic nitrogens is 2. The van der Waals surface area contributed by atoms with Gasteiger partial charge in [-0.3, -0.25) is 24.5 Å². The van der Waals surface area contributed by atoms with Crippen LogP contribution in [0, 0.1) is 47.3 Å². The van der Waals surface area contributed by atoms with Gasteiger partial charge in [0.25, 0.3) is 0 Å². The first-order valence-electron chi connectivity index (χ1n) is 20.9. The summed E-state index contributed by atoms with van der Waals surface area (Å²) >= 11 is 0. The zero-order chi connectivity index (χ0) is 41.2. The summed E-state index contributed by atoms with van der Waals surface area (Å²) in [6.45, 7) is 2.23. The third kappa shape index (κ3) is 7.85. The zero-order valence-corrected chi connectivity index (χ0v) is 33.4. The molecular formula is C44H53N7O8. The molecule has 4 fully saturated rings. The van der Waals surface area contributed by atoms with E-state index >= 15 is 0 Å². The van der Waals surface area contributed by atoms with Crippen molar-refractivity contribution in [2.75, 3.05) is 40.3 Å². The standard InChI is InChI=1S/C44H53N7O8/c1-45-13-7-15-47-39(52)35-23-17-27(33(19-23)58-43(56)29-21-49-31-11-5-3-9-25(29)31)37(35)41(54)51-42(55)38-28-18-24(36(38)40(53)48-16-8-14-46-2)20-34(28)59-44(57)30-22-50-32-12-6-4-10-26(30)32/h3-6,9-12,21-24,27-28,33-38,45-46,49-50H,7-8,13-20H2,1-2H3,(H,47,52)(H,48,53)(H,51,54,55). The monoisotopic (exact) mass is 807 g/mol. The lowest BCUT2D eigenvalue weighted by molar-refractivity contribution is -0.147. The number of imide groups is 1. The van der Waals surface area contributed by atoms with Crippen molar-refractivity contribution in [1.82, 2.24) is 36.6 Å². The van der Waals surface area contributed by atoms with Crippen molar-refractivity contribution in [3.05, 3.63) is 72.1 Å². The smallest absolute Gasteiger partial charge is 0.340 e. The molecule has 7 N–H and O–H groups in total. The molecule has 4 aromatic rings. The average molecular weight is 808 g/mol. The summed E-state index contributed by atoms with van der Waals surface area (Å²) in [5, 5.41) is 16.2. The van der Waals surface area contributed by atoms with Crippen molar-refractivity contribution < 1.29 is 38.2 Å². The third-order valence-corrected chi connectivity index (χ3v) is 13.3. The predicted molar refractivity (Wildman–Crippen MR) is 218 cm³/mol. The number of nitrogens with one attached hydrogen (secondary N) is 7. The van der Waals surface area contributed by atoms with Crippen molar-refractivity contribution in [2.24, 2.45) is 47.3 Å². The first-order chi connectivity index (χ1) is 28.7. The molecular weight excluding hydrogens is 755 g/mol. The fourth-order valence-corrected chi connectivity index (χ4v) is 10.7. The summed E-state index contributed by atoms with van der Waals surface area (Å²) < 4.78 is 12.2. The fourth-order valence-electron chi connectivity index (χ4n) is 10.7.